The van der Waals surface area contributed by atoms with Gasteiger partial charge in [0.15, 0.2) is 0 Å². The van der Waals surface area contributed by atoms with Crippen molar-refractivity contribution in [3.63, 3.8) is 0 Å². The van der Waals surface area contributed by atoms with Gasteiger partial charge in [-0.1, -0.05) is 13.0 Å². The molecule has 6 nitrogen and oxygen atoms in total. The summed E-state index contributed by atoms with van der Waals surface area (Å²) >= 11 is 0. The highest BCUT2D eigenvalue weighted by Gasteiger charge is 2.09. The van der Waals surface area contributed by atoms with E-state index in [1.807, 2.05) is 6.92 Å². The number of amides is 1. The van der Waals surface area contributed by atoms with Gasteiger partial charge in [-0.15, -0.1) is 0 Å². The number of nitrogens with zero attached hydrogens (tertiary/aromatic N) is 1. The number of rotatable bonds is 8. The molecule has 0 atom stereocenters. The monoisotopic (exact) mass is 328 g/mol. The molecule has 2 aromatic rings. The fraction of sp³-hybridized carbons (Fsp3) is 0.278. The van der Waals surface area contributed by atoms with Gasteiger partial charge < -0.3 is 14.8 Å². The lowest BCUT2D eigenvalue weighted by atomic mass is 10.2. The Labute approximate surface area is 140 Å². The van der Waals surface area contributed by atoms with Gasteiger partial charge in [-0.25, -0.2) is 4.79 Å². The molecule has 2 rings (SSSR count). The number of hydrogen-bond acceptors (Lipinski definition) is 5. The van der Waals surface area contributed by atoms with Crippen LogP contribution in [0.4, 0.5) is 0 Å². The zero-order chi connectivity index (χ0) is 17.2. The molecule has 126 valence electrons. The normalized spacial score (nSPS) is 10.0. The number of esters is 1. The average Bonchev–Trinajstić information content (AvgIpc) is 2.64. The molecule has 0 aliphatic rings. The molecule has 0 aliphatic heterocycles. The largest absolute Gasteiger partial charge is 0.494 e. The zero-order valence-corrected chi connectivity index (χ0v) is 13.5. The predicted octanol–water partition coefficient (Wildman–Crippen LogP) is 2.46. The van der Waals surface area contributed by atoms with Crippen LogP contribution in [-0.2, 0) is 4.74 Å². The highest BCUT2D eigenvalue weighted by molar-refractivity contribution is 5.94. The smallest absolute Gasteiger partial charge is 0.338 e. The van der Waals surface area contributed by atoms with Gasteiger partial charge in [-0.3, -0.25) is 9.78 Å². The molecule has 0 fully saturated rings. The Bertz CT molecular complexity index is 674. The molecule has 0 spiro atoms. The minimum absolute atomic E-state index is 0.0930. The van der Waals surface area contributed by atoms with Crippen molar-refractivity contribution in [1.29, 1.82) is 0 Å². The van der Waals surface area contributed by atoms with E-state index in [1.54, 1.807) is 48.8 Å². The van der Waals surface area contributed by atoms with Crippen molar-refractivity contribution in [1.82, 2.24) is 10.3 Å². The van der Waals surface area contributed by atoms with Gasteiger partial charge >= 0.3 is 5.97 Å². The highest BCUT2D eigenvalue weighted by Crippen LogP contribution is 2.14. The van der Waals surface area contributed by atoms with Gasteiger partial charge in [0.25, 0.3) is 5.91 Å². The summed E-state index contributed by atoms with van der Waals surface area (Å²) in [6.45, 7) is 2.94. The molecule has 0 unspecified atom stereocenters. The van der Waals surface area contributed by atoms with Crippen molar-refractivity contribution in [2.75, 3.05) is 19.8 Å². The maximum Gasteiger partial charge on any atom is 0.338 e. The molecule has 1 N–H and O–H groups in total. The molecule has 0 saturated carbocycles. The molecule has 1 amide bonds. The molecule has 0 bridgehead atoms. The summed E-state index contributed by atoms with van der Waals surface area (Å²) in [5.41, 5.74) is 0.932. The van der Waals surface area contributed by atoms with E-state index in [0.717, 1.165) is 6.42 Å². The van der Waals surface area contributed by atoms with Crippen molar-refractivity contribution >= 4 is 11.9 Å². The van der Waals surface area contributed by atoms with Crippen molar-refractivity contribution in [2.24, 2.45) is 0 Å². The number of pyridine rings is 1. The van der Waals surface area contributed by atoms with Crippen LogP contribution >= 0.6 is 0 Å². The second kappa shape index (κ2) is 9.29. The lowest BCUT2D eigenvalue weighted by Gasteiger charge is -2.08. The number of aromatic nitrogens is 1. The van der Waals surface area contributed by atoms with E-state index < -0.39 is 5.97 Å². The van der Waals surface area contributed by atoms with Gasteiger partial charge in [0.2, 0.25) is 0 Å². The Morgan fingerprint density at radius 3 is 2.62 bits per heavy atom. The lowest BCUT2D eigenvalue weighted by molar-refractivity contribution is 0.0502. The first-order valence-electron chi connectivity index (χ1n) is 7.79. The van der Waals surface area contributed by atoms with Crippen molar-refractivity contribution < 1.29 is 19.1 Å². The first kappa shape index (κ1) is 17.5. The van der Waals surface area contributed by atoms with Gasteiger partial charge in [-0.05, 0) is 36.8 Å². The van der Waals surface area contributed by atoms with Gasteiger partial charge in [0.05, 0.1) is 18.7 Å². The molecular weight excluding hydrogens is 308 g/mol. The Morgan fingerprint density at radius 2 is 1.88 bits per heavy atom. The zero-order valence-electron chi connectivity index (χ0n) is 13.5. The number of benzene rings is 1. The summed E-state index contributed by atoms with van der Waals surface area (Å²) < 4.78 is 10.6. The fourth-order valence-corrected chi connectivity index (χ4v) is 1.93. The van der Waals surface area contributed by atoms with E-state index in [0.29, 0.717) is 23.5 Å². The van der Waals surface area contributed by atoms with Gasteiger partial charge in [0.1, 0.15) is 12.4 Å². The van der Waals surface area contributed by atoms with Crippen LogP contribution in [0, 0.1) is 0 Å². The third-order valence-corrected chi connectivity index (χ3v) is 3.11. The Hall–Kier alpha value is -2.89. The van der Waals surface area contributed by atoms with Crippen molar-refractivity contribution in [2.45, 2.75) is 13.3 Å². The van der Waals surface area contributed by atoms with Crippen LogP contribution < -0.4 is 10.1 Å². The molecule has 6 heteroatoms. The summed E-state index contributed by atoms with van der Waals surface area (Å²) in [6.07, 6.45) is 3.98. The molecule has 1 aromatic carbocycles. The predicted molar refractivity (Wildman–Crippen MR) is 89.1 cm³/mol. The van der Waals surface area contributed by atoms with Crippen LogP contribution in [0.5, 0.6) is 5.75 Å². The van der Waals surface area contributed by atoms with E-state index in [-0.39, 0.29) is 19.1 Å². The summed E-state index contributed by atoms with van der Waals surface area (Å²) in [7, 11) is 0. The molecule has 0 aliphatic carbocycles. The quantitative estimate of drug-likeness (QED) is 0.595. The minimum Gasteiger partial charge on any atom is -0.494 e. The van der Waals surface area contributed by atoms with Crippen LogP contribution in [0.15, 0.2) is 48.8 Å². The topological polar surface area (TPSA) is 77.5 Å². The summed E-state index contributed by atoms with van der Waals surface area (Å²) in [5.74, 6) is -0.0455. The van der Waals surface area contributed by atoms with Gasteiger partial charge in [-0.2, -0.15) is 0 Å². The molecule has 0 saturated heterocycles. The summed E-state index contributed by atoms with van der Waals surface area (Å²) in [4.78, 5) is 27.6. The van der Waals surface area contributed by atoms with Crippen LogP contribution in [0.25, 0.3) is 0 Å². The second-order valence-electron chi connectivity index (χ2n) is 5.00. The van der Waals surface area contributed by atoms with E-state index >= 15 is 0 Å². The Morgan fingerprint density at radius 1 is 1.08 bits per heavy atom. The third kappa shape index (κ3) is 5.39. The van der Waals surface area contributed by atoms with E-state index in [4.69, 9.17) is 9.47 Å². The maximum atomic E-state index is 12.0. The molecular formula is C18H20N2O4. The SMILES string of the molecule is CCCOc1cccc(C(=O)OCCNC(=O)c2ccncc2)c1. The number of ether oxygens (including phenoxy) is 2. The molecule has 0 radical (unpaired) electrons. The van der Waals surface area contributed by atoms with Gasteiger partial charge in [0, 0.05) is 18.0 Å². The van der Waals surface area contributed by atoms with Crippen molar-refractivity contribution in [3.8, 4) is 5.75 Å². The number of nitrogens with one attached hydrogen (secondary N) is 1. The average molecular weight is 328 g/mol. The first-order chi connectivity index (χ1) is 11.7. The maximum absolute atomic E-state index is 12.0. The lowest BCUT2D eigenvalue weighted by Crippen LogP contribution is -2.28. The number of hydrogen-bond donors (Lipinski definition) is 1. The first-order valence-corrected chi connectivity index (χ1v) is 7.79. The summed E-state index contributed by atoms with van der Waals surface area (Å²) in [5, 5.41) is 2.68. The summed E-state index contributed by atoms with van der Waals surface area (Å²) in [6, 6.07) is 10.1. The van der Waals surface area contributed by atoms with E-state index in [2.05, 4.69) is 10.3 Å². The molecule has 1 heterocycles. The number of carbonyl (C=O) groups is 2. The third-order valence-electron chi connectivity index (χ3n) is 3.11. The van der Waals surface area contributed by atoms with Crippen LogP contribution in [-0.4, -0.2) is 36.6 Å². The molecule has 1 aromatic heterocycles. The number of carbonyl (C=O) groups excluding carboxylic acids is 2. The minimum atomic E-state index is -0.449. The van der Waals surface area contributed by atoms with Crippen LogP contribution in [0.2, 0.25) is 0 Å². The Kier molecular flexibility index (Phi) is 6.76. The van der Waals surface area contributed by atoms with E-state index in [1.165, 1.54) is 0 Å². The fourth-order valence-electron chi connectivity index (χ4n) is 1.93. The van der Waals surface area contributed by atoms with E-state index in [9.17, 15) is 9.59 Å². The van der Waals surface area contributed by atoms with Crippen LogP contribution in [0.1, 0.15) is 34.1 Å². The highest BCUT2D eigenvalue weighted by atomic mass is 16.5. The Balaban J connectivity index is 1.76. The standard InChI is InChI=1S/C18H20N2O4/c1-2-11-23-16-5-3-4-15(13-16)18(22)24-12-10-20-17(21)14-6-8-19-9-7-14/h3-9,13H,2,10-12H2,1H3,(H,20,21). The van der Waals surface area contributed by atoms with Crippen molar-refractivity contribution in [3.05, 3.63) is 59.9 Å². The second-order valence-corrected chi connectivity index (χ2v) is 5.00. The molecule has 24 heavy (non-hydrogen) atoms. The van der Waals surface area contributed by atoms with Crippen LogP contribution in [0.3, 0.4) is 0 Å².